The summed E-state index contributed by atoms with van der Waals surface area (Å²) < 4.78 is 39.5. The molecule has 1 aromatic heterocycles. The van der Waals surface area contributed by atoms with Gasteiger partial charge < -0.3 is 15.2 Å². The van der Waals surface area contributed by atoms with Crippen LogP contribution in [-0.2, 0) is 17.5 Å². The van der Waals surface area contributed by atoms with Crippen LogP contribution in [0.1, 0.15) is 21.5 Å². The van der Waals surface area contributed by atoms with Gasteiger partial charge in [-0.05, 0) is 42.8 Å². The van der Waals surface area contributed by atoms with Crippen molar-refractivity contribution in [3.05, 3.63) is 92.9 Å². The molecule has 0 fully saturated rings. The number of nitrogens with one attached hydrogen (secondary N) is 2. The number of hydrogen-bond donors (Lipinski definition) is 2. The maximum absolute atomic E-state index is 13.0. The highest BCUT2D eigenvalue weighted by Crippen LogP contribution is 2.29. The van der Waals surface area contributed by atoms with Crippen LogP contribution in [0.5, 0.6) is 0 Å². The minimum Gasteiger partial charge on any atom is -0.324 e. The molecule has 0 aliphatic carbocycles. The van der Waals surface area contributed by atoms with E-state index in [4.69, 9.17) is 11.6 Å². The van der Waals surface area contributed by atoms with Crippen molar-refractivity contribution in [2.45, 2.75) is 19.6 Å². The lowest BCUT2D eigenvalue weighted by Gasteiger charge is -2.14. The Bertz CT molecular complexity index is 1240. The molecule has 0 saturated carbocycles. The van der Waals surface area contributed by atoms with Crippen molar-refractivity contribution in [3.8, 4) is 0 Å². The Morgan fingerprint density at radius 3 is 2.44 bits per heavy atom. The van der Waals surface area contributed by atoms with Gasteiger partial charge in [0.1, 0.15) is 11.6 Å². The molecule has 2 amide bonds. The van der Waals surface area contributed by atoms with Crippen LogP contribution in [0, 0.1) is 6.92 Å². The van der Waals surface area contributed by atoms with Gasteiger partial charge in [-0.15, -0.1) is 0 Å². The van der Waals surface area contributed by atoms with Crippen molar-refractivity contribution >= 4 is 34.8 Å². The topological polar surface area (TPSA) is 80.2 Å². The van der Waals surface area contributed by atoms with Crippen LogP contribution in [0.4, 0.5) is 24.5 Å². The van der Waals surface area contributed by atoms with Crippen molar-refractivity contribution in [1.29, 1.82) is 0 Å². The summed E-state index contributed by atoms with van der Waals surface area (Å²) in [5.41, 5.74) is -0.338. The highest BCUT2D eigenvalue weighted by Gasteiger charge is 2.32. The summed E-state index contributed by atoms with van der Waals surface area (Å²) in [6, 6.07) is 13.7. The molecule has 0 unspecified atom stereocenters. The number of nitrogens with zero attached hydrogens (tertiary/aromatic N) is 1. The van der Waals surface area contributed by atoms with Gasteiger partial charge in [0, 0.05) is 11.9 Å². The number of aromatic nitrogens is 1. The molecule has 32 heavy (non-hydrogen) atoms. The molecule has 166 valence electrons. The molecule has 0 atom stereocenters. The Hall–Kier alpha value is -3.59. The van der Waals surface area contributed by atoms with Crippen LogP contribution in [-0.4, -0.2) is 16.4 Å². The molecular weight excluding hydrogens is 447 g/mol. The number of rotatable bonds is 5. The lowest BCUT2D eigenvalue weighted by molar-refractivity contribution is -0.138. The number of benzene rings is 2. The molecule has 6 nitrogen and oxygen atoms in total. The maximum Gasteiger partial charge on any atom is 0.417 e. The SMILES string of the molecule is Cc1cccc(NC(=O)c2ccccc2NC(=O)Cn2cc(C(F)(F)F)cc(Cl)c2=O)c1. The number of halogens is 4. The minimum atomic E-state index is -4.74. The highest BCUT2D eigenvalue weighted by molar-refractivity contribution is 6.30. The second kappa shape index (κ2) is 9.27. The first kappa shape index (κ1) is 23.1. The van der Waals surface area contributed by atoms with E-state index in [1.165, 1.54) is 12.1 Å². The Morgan fingerprint density at radius 2 is 1.75 bits per heavy atom. The molecule has 1 heterocycles. The molecular formula is C22H17ClF3N3O3. The first-order valence-corrected chi connectivity index (χ1v) is 9.66. The predicted octanol–water partition coefficient (Wildman–Crippen LogP) is 4.72. The fourth-order valence-electron chi connectivity index (χ4n) is 2.93. The molecule has 0 aliphatic rings. The van der Waals surface area contributed by atoms with Crippen molar-refractivity contribution < 1.29 is 22.8 Å². The summed E-state index contributed by atoms with van der Waals surface area (Å²) in [6.07, 6.45) is -4.22. The van der Waals surface area contributed by atoms with Gasteiger partial charge >= 0.3 is 6.18 Å². The van der Waals surface area contributed by atoms with Crippen LogP contribution >= 0.6 is 11.6 Å². The summed E-state index contributed by atoms with van der Waals surface area (Å²) >= 11 is 5.61. The van der Waals surface area contributed by atoms with E-state index in [1.54, 1.807) is 30.3 Å². The smallest absolute Gasteiger partial charge is 0.324 e. The molecule has 0 aliphatic heterocycles. The standard InChI is InChI=1S/C22H17ClF3N3O3/c1-13-5-4-6-15(9-13)27-20(31)16-7-2-3-8-18(16)28-19(30)12-29-11-14(22(24,25)26)10-17(23)21(29)32/h2-11H,12H2,1H3,(H,27,31)(H,28,30). The Labute approximate surface area is 185 Å². The number of aryl methyl sites for hydroxylation is 1. The van der Waals surface area contributed by atoms with E-state index in [1.807, 2.05) is 13.0 Å². The molecule has 2 aromatic carbocycles. The first-order valence-electron chi connectivity index (χ1n) is 9.28. The molecule has 3 rings (SSSR count). The van der Waals surface area contributed by atoms with Crippen LogP contribution in [0.3, 0.4) is 0 Å². The van der Waals surface area contributed by atoms with E-state index >= 15 is 0 Å². The molecule has 0 saturated heterocycles. The zero-order chi connectivity index (χ0) is 23.5. The number of anilines is 2. The third-order valence-corrected chi connectivity index (χ3v) is 4.68. The van der Waals surface area contributed by atoms with Crippen molar-refractivity contribution in [3.63, 3.8) is 0 Å². The largest absolute Gasteiger partial charge is 0.417 e. The molecule has 0 spiro atoms. The van der Waals surface area contributed by atoms with Gasteiger partial charge in [-0.3, -0.25) is 14.4 Å². The normalized spacial score (nSPS) is 11.2. The lowest BCUT2D eigenvalue weighted by atomic mass is 10.1. The predicted molar refractivity (Wildman–Crippen MR) is 115 cm³/mol. The number of carbonyl (C=O) groups excluding carboxylic acids is 2. The summed E-state index contributed by atoms with van der Waals surface area (Å²) in [4.78, 5) is 37.2. The molecule has 2 N–H and O–H groups in total. The average molecular weight is 464 g/mol. The first-order chi connectivity index (χ1) is 15.0. The van der Waals surface area contributed by atoms with Gasteiger partial charge in [-0.1, -0.05) is 35.9 Å². The fraction of sp³-hybridized carbons (Fsp3) is 0.136. The van der Waals surface area contributed by atoms with E-state index in [9.17, 15) is 27.6 Å². The molecule has 3 aromatic rings. The number of pyridine rings is 1. The van der Waals surface area contributed by atoms with Gasteiger partial charge in [-0.25, -0.2) is 0 Å². The minimum absolute atomic E-state index is 0.133. The van der Waals surface area contributed by atoms with Gasteiger partial charge in [0.25, 0.3) is 11.5 Å². The van der Waals surface area contributed by atoms with Gasteiger partial charge in [0.15, 0.2) is 0 Å². The highest BCUT2D eigenvalue weighted by atomic mass is 35.5. The van der Waals surface area contributed by atoms with Crippen molar-refractivity contribution in [1.82, 2.24) is 4.57 Å². The number of amides is 2. The Balaban J connectivity index is 1.80. The summed E-state index contributed by atoms with van der Waals surface area (Å²) in [5.74, 6) is -1.30. The lowest BCUT2D eigenvalue weighted by Crippen LogP contribution is -2.29. The second-order valence-corrected chi connectivity index (χ2v) is 7.33. The summed E-state index contributed by atoms with van der Waals surface area (Å²) in [6.45, 7) is 1.14. The zero-order valence-electron chi connectivity index (χ0n) is 16.7. The number of para-hydroxylation sites is 1. The maximum atomic E-state index is 13.0. The quantitative estimate of drug-likeness (QED) is 0.574. The van der Waals surface area contributed by atoms with Crippen LogP contribution in [0.15, 0.2) is 65.6 Å². The van der Waals surface area contributed by atoms with Gasteiger partial charge in [-0.2, -0.15) is 13.2 Å². The molecule has 10 heteroatoms. The van der Waals surface area contributed by atoms with E-state index in [0.29, 0.717) is 22.5 Å². The second-order valence-electron chi connectivity index (χ2n) is 6.92. The summed E-state index contributed by atoms with van der Waals surface area (Å²) in [5, 5.41) is 4.51. The van der Waals surface area contributed by atoms with Crippen LogP contribution in [0.25, 0.3) is 0 Å². The van der Waals surface area contributed by atoms with Gasteiger partial charge in [0.05, 0.1) is 16.8 Å². The van der Waals surface area contributed by atoms with E-state index in [0.717, 1.165) is 5.56 Å². The number of carbonyl (C=O) groups is 2. The van der Waals surface area contributed by atoms with E-state index in [-0.39, 0.29) is 11.3 Å². The van der Waals surface area contributed by atoms with Crippen molar-refractivity contribution in [2.24, 2.45) is 0 Å². The van der Waals surface area contributed by atoms with Crippen molar-refractivity contribution in [2.75, 3.05) is 10.6 Å². The van der Waals surface area contributed by atoms with Crippen LogP contribution in [0.2, 0.25) is 5.02 Å². The number of alkyl halides is 3. The molecule has 0 radical (unpaired) electrons. The molecule has 0 bridgehead atoms. The van der Waals surface area contributed by atoms with E-state index in [2.05, 4.69) is 10.6 Å². The monoisotopic (exact) mass is 463 g/mol. The Morgan fingerprint density at radius 1 is 1.03 bits per heavy atom. The van der Waals surface area contributed by atoms with E-state index < -0.39 is 40.7 Å². The average Bonchev–Trinajstić information content (AvgIpc) is 2.70. The summed E-state index contributed by atoms with van der Waals surface area (Å²) in [7, 11) is 0. The zero-order valence-corrected chi connectivity index (χ0v) is 17.4. The van der Waals surface area contributed by atoms with Crippen LogP contribution < -0.4 is 16.2 Å². The van der Waals surface area contributed by atoms with Gasteiger partial charge in [0.2, 0.25) is 5.91 Å². The fourth-order valence-corrected chi connectivity index (χ4v) is 3.15. The Kier molecular flexibility index (Phi) is 6.69. The third kappa shape index (κ3) is 5.55. The third-order valence-electron chi connectivity index (χ3n) is 4.41. The number of hydrogen-bond acceptors (Lipinski definition) is 3.